The third-order valence-electron chi connectivity index (χ3n) is 2.65. The summed E-state index contributed by atoms with van der Waals surface area (Å²) >= 11 is 0. The first-order chi connectivity index (χ1) is 8.60. The second-order valence-corrected chi connectivity index (χ2v) is 6.38. The molecule has 18 heavy (non-hydrogen) atoms. The maximum Gasteiger partial charge on any atom is 0.178 e. The van der Waals surface area contributed by atoms with Crippen LogP contribution in [0.3, 0.4) is 0 Å². The summed E-state index contributed by atoms with van der Waals surface area (Å²) in [6, 6.07) is 6.92. The predicted molar refractivity (Wildman–Crippen MR) is 75.8 cm³/mol. The first-order valence-electron chi connectivity index (χ1n) is 6.37. The van der Waals surface area contributed by atoms with Crippen molar-refractivity contribution in [2.24, 2.45) is 0 Å². The van der Waals surface area contributed by atoms with Crippen LogP contribution >= 0.6 is 0 Å². The molecule has 0 bridgehead atoms. The lowest BCUT2D eigenvalue weighted by Gasteiger charge is -2.08. The normalized spacial score (nSPS) is 11.4. The lowest BCUT2D eigenvalue weighted by Crippen LogP contribution is -2.22. The summed E-state index contributed by atoms with van der Waals surface area (Å²) in [6.07, 6.45) is 1.13. The molecular weight excluding hydrogens is 248 g/mol. The van der Waals surface area contributed by atoms with E-state index in [4.69, 9.17) is 0 Å². The van der Waals surface area contributed by atoms with Gasteiger partial charge in [0.25, 0.3) is 0 Å². The molecule has 0 saturated carbocycles. The highest BCUT2D eigenvalue weighted by atomic mass is 32.2. The fourth-order valence-electron chi connectivity index (χ4n) is 1.54. The minimum absolute atomic E-state index is 0.140. The van der Waals surface area contributed by atoms with E-state index in [2.05, 4.69) is 17.6 Å². The van der Waals surface area contributed by atoms with Crippen molar-refractivity contribution in [2.75, 3.05) is 30.7 Å². The second kappa shape index (κ2) is 7.38. The third kappa shape index (κ3) is 4.66. The topological polar surface area (TPSA) is 58.2 Å². The van der Waals surface area contributed by atoms with Crippen LogP contribution in [0.5, 0.6) is 0 Å². The van der Waals surface area contributed by atoms with E-state index in [-0.39, 0.29) is 5.75 Å². The number of rotatable bonds is 8. The number of sulfone groups is 1. The van der Waals surface area contributed by atoms with Gasteiger partial charge >= 0.3 is 0 Å². The molecule has 0 aliphatic rings. The lowest BCUT2D eigenvalue weighted by molar-refractivity contribution is 0.597. The molecule has 0 aromatic heterocycles. The summed E-state index contributed by atoms with van der Waals surface area (Å²) in [5.41, 5.74) is 0.948. The molecule has 0 heterocycles. The van der Waals surface area contributed by atoms with Gasteiger partial charge in [0.05, 0.1) is 10.6 Å². The van der Waals surface area contributed by atoms with E-state index in [1.807, 2.05) is 12.1 Å². The molecule has 2 N–H and O–H groups in total. The van der Waals surface area contributed by atoms with Gasteiger partial charge in [-0.1, -0.05) is 13.8 Å². The number of benzene rings is 1. The van der Waals surface area contributed by atoms with Gasteiger partial charge in [-0.3, -0.25) is 0 Å². The van der Waals surface area contributed by atoms with Crippen LogP contribution in [0.4, 0.5) is 5.69 Å². The Morgan fingerprint density at radius 1 is 1.00 bits per heavy atom. The van der Waals surface area contributed by atoms with Gasteiger partial charge < -0.3 is 10.6 Å². The Balaban J connectivity index is 2.46. The maximum atomic E-state index is 11.6. The number of nitrogens with one attached hydrogen (secondary N) is 2. The van der Waals surface area contributed by atoms with Gasteiger partial charge in [-0.05, 0) is 37.2 Å². The van der Waals surface area contributed by atoms with Crippen molar-refractivity contribution in [3.63, 3.8) is 0 Å². The Labute approximate surface area is 110 Å². The van der Waals surface area contributed by atoms with Crippen LogP contribution in [0.2, 0.25) is 0 Å². The summed E-state index contributed by atoms with van der Waals surface area (Å²) in [5.74, 6) is 0.140. The number of hydrogen-bond acceptors (Lipinski definition) is 4. The van der Waals surface area contributed by atoms with Crippen molar-refractivity contribution in [1.29, 1.82) is 0 Å². The van der Waals surface area contributed by atoms with E-state index in [9.17, 15) is 8.42 Å². The van der Waals surface area contributed by atoms with E-state index in [1.54, 1.807) is 19.1 Å². The van der Waals surface area contributed by atoms with Crippen molar-refractivity contribution in [3.05, 3.63) is 24.3 Å². The summed E-state index contributed by atoms with van der Waals surface area (Å²) < 4.78 is 23.2. The first-order valence-corrected chi connectivity index (χ1v) is 8.02. The molecule has 1 rings (SSSR count). The molecular formula is C13H22N2O2S. The highest BCUT2D eigenvalue weighted by Gasteiger charge is 2.10. The van der Waals surface area contributed by atoms with E-state index >= 15 is 0 Å². The molecule has 0 amide bonds. The fourth-order valence-corrected chi connectivity index (χ4v) is 2.43. The zero-order chi connectivity index (χ0) is 13.4. The lowest BCUT2D eigenvalue weighted by atomic mass is 10.3. The van der Waals surface area contributed by atoms with E-state index < -0.39 is 9.84 Å². The Morgan fingerprint density at radius 3 is 2.22 bits per heavy atom. The minimum atomic E-state index is -3.09. The zero-order valence-corrected chi connectivity index (χ0v) is 11.9. The second-order valence-electron chi connectivity index (χ2n) is 4.10. The molecule has 0 unspecified atom stereocenters. The van der Waals surface area contributed by atoms with E-state index in [0.717, 1.165) is 31.7 Å². The smallest absolute Gasteiger partial charge is 0.178 e. The van der Waals surface area contributed by atoms with E-state index in [0.29, 0.717) is 4.90 Å². The molecule has 0 fully saturated rings. The van der Waals surface area contributed by atoms with Gasteiger partial charge in [-0.25, -0.2) is 8.42 Å². The first kappa shape index (κ1) is 15.0. The van der Waals surface area contributed by atoms with E-state index in [1.165, 1.54) is 0 Å². The molecule has 0 aliphatic heterocycles. The van der Waals surface area contributed by atoms with Crippen LogP contribution in [0.1, 0.15) is 20.3 Å². The molecule has 1 aromatic rings. The average Bonchev–Trinajstić information content (AvgIpc) is 2.39. The highest BCUT2D eigenvalue weighted by Crippen LogP contribution is 2.14. The van der Waals surface area contributed by atoms with Crippen LogP contribution in [-0.2, 0) is 9.84 Å². The zero-order valence-electron chi connectivity index (χ0n) is 11.1. The molecule has 4 nitrogen and oxygen atoms in total. The van der Waals surface area contributed by atoms with Crippen molar-refractivity contribution in [2.45, 2.75) is 25.2 Å². The molecule has 0 saturated heterocycles. The van der Waals surface area contributed by atoms with Gasteiger partial charge in [-0.2, -0.15) is 0 Å². The molecule has 0 atom stereocenters. The summed E-state index contributed by atoms with van der Waals surface area (Å²) in [5, 5.41) is 6.53. The van der Waals surface area contributed by atoms with Crippen LogP contribution in [0.25, 0.3) is 0 Å². The predicted octanol–water partition coefficient (Wildman–Crippen LogP) is 1.89. The Bertz CT molecular complexity index is 441. The highest BCUT2D eigenvalue weighted by molar-refractivity contribution is 7.91. The molecule has 5 heteroatoms. The standard InChI is InChI=1S/C13H22N2O2S/c1-3-9-14-10-11-15-12-5-7-13(8-6-12)18(16,17)4-2/h5-8,14-15H,3-4,9-11H2,1-2H3. The van der Waals surface area contributed by atoms with Gasteiger partial charge in [0.2, 0.25) is 0 Å². The summed E-state index contributed by atoms with van der Waals surface area (Å²) in [4.78, 5) is 0.389. The quantitative estimate of drug-likeness (QED) is 0.708. The maximum absolute atomic E-state index is 11.6. The van der Waals surface area contributed by atoms with Crippen molar-refractivity contribution < 1.29 is 8.42 Å². The molecule has 0 radical (unpaired) electrons. The van der Waals surface area contributed by atoms with Crippen molar-refractivity contribution >= 4 is 15.5 Å². The third-order valence-corrected chi connectivity index (χ3v) is 4.40. The number of anilines is 1. The fraction of sp³-hybridized carbons (Fsp3) is 0.538. The minimum Gasteiger partial charge on any atom is -0.384 e. The summed E-state index contributed by atoms with van der Waals surface area (Å²) in [7, 11) is -3.09. The molecule has 1 aromatic carbocycles. The number of hydrogen-bond donors (Lipinski definition) is 2. The summed E-state index contributed by atoms with van der Waals surface area (Å²) in [6.45, 7) is 6.55. The van der Waals surface area contributed by atoms with Crippen LogP contribution in [0, 0.1) is 0 Å². The molecule has 0 spiro atoms. The van der Waals surface area contributed by atoms with Crippen molar-refractivity contribution in [1.82, 2.24) is 5.32 Å². The SMILES string of the molecule is CCCNCCNc1ccc(S(=O)(=O)CC)cc1. The van der Waals surface area contributed by atoms with Crippen LogP contribution in [0.15, 0.2) is 29.2 Å². The van der Waals surface area contributed by atoms with Crippen LogP contribution < -0.4 is 10.6 Å². The molecule has 102 valence electrons. The largest absolute Gasteiger partial charge is 0.384 e. The van der Waals surface area contributed by atoms with Gasteiger partial charge in [0.15, 0.2) is 9.84 Å². The Morgan fingerprint density at radius 2 is 1.67 bits per heavy atom. The van der Waals surface area contributed by atoms with Gasteiger partial charge in [0, 0.05) is 18.8 Å². The van der Waals surface area contributed by atoms with Crippen molar-refractivity contribution in [3.8, 4) is 0 Å². The van der Waals surface area contributed by atoms with Gasteiger partial charge in [0.1, 0.15) is 0 Å². The average molecular weight is 270 g/mol. The van der Waals surface area contributed by atoms with Crippen LogP contribution in [-0.4, -0.2) is 33.8 Å². The Kier molecular flexibility index (Phi) is 6.15. The monoisotopic (exact) mass is 270 g/mol. The Hall–Kier alpha value is -1.07. The molecule has 0 aliphatic carbocycles. The van der Waals surface area contributed by atoms with Gasteiger partial charge in [-0.15, -0.1) is 0 Å².